The molecule has 0 aromatic carbocycles. The Morgan fingerprint density at radius 1 is 1.42 bits per heavy atom. The lowest BCUT2D eigenvalue weighted by Gasteiger charge is -2.20. The number of carbonyl (C=O) groups is 1. The van der Waals surface area contributed by atoms with Crippen molar-refractivity contribution in [1.29, 1.82) is 0 Å². The Morgan fingerprint density at radius 2 is 1.92 bits per heavy atom. The lowest BCUT2D eigenvalue weighted by molar-refractivity contribution is -0.129. The van der Waals surface area contributed by atoms with Crippen LogP contribution in [0.15, 0.2) is 0 Å². The van der Waals surface area contributed by atoms with Gasteiger partial charge < -0.3 is 10.6 Å². The van der Waals surface area contributed by atoms with Crippen molar-refractivity contribution in [2.24, 2.45) is 5.73 Å². The van der Waals surface area contributed by atoms with E-state index in [1.54, 1.807) is 19.0 Å². The summed E-state index contributed by atoms with van der Waals surface area (Å²) in [6, 6.07) is 0.116. The van der Waals surface area contributed by atoms with Gasteiger partial charge in [0.1, 0.15) is 0 Å². The summed E-state index contributed by atoms with van der Waals surface area (Å²) in [5, 5.41) is 0. The first-order valence-electron chi connectivity index (χ1n) is 4.07. The molecule has 1 atom stereocenters. The fourth-order valence-electron chi connectivity index (χ4n) is 0.928. The summed E-state index contributed by atoms with van der Waals surface area (Å²) in [5.41, 5.74) is 5.58. The lowest BCUT2D eigenvalue weighted by Crippen LogP contribution is -2.39. The molecule has 2 N–H and O–H groups in total. The van der Waals surface area contributed by atoms with Crippen molar-refractivity contribution in [1.82, 2.24) is 9.80 Å². The summed E-state index contributed by atoms with van der Waals surface area (Å²) in [6.45, 7) is 3.12. The molecule has 4 nitrogen and oxygen atoms in total. The maximum atomic E-state index is 11.2. The smallest absolute Gasteiger partial charge is 0.236 e. The maximum absolute atomic E-state index is 11.2. The van der Waals surface area contributed by atoms with E-state index in [1.165, 1.54) is 0 Å². The molecule has 0 rings (SSSR count). The molecule has 0 aliphatic carbocycles. The molecule has 0 fully saturated rings. The predicted molar refractivity (Wildman–Crippen MR) is 49.8 cm³/mol. The van der Waals surface area contributed by atoms with Gasteiger partial charge in [0.05, 0.1) is 6.54 Å². The molecule has 0 saturated carbocycles. The van der Waals surface area contributed by atoms with Crippen molar-refractivity contribution in [2.45, 2.75) is 13.0 Å². The highest BCUT2D eigenvalue weighted by Gasteiger charge is 2.08. The van der Waals surface area contributed by atoms with Crippen LogP contribution in [0.4, 0.5) is 0 Å². The van der Waals surface area contributed by atoms with Crippen LogP contribution >= 0.6 is 0 Å². The molecule has 0 saturated heterocycles. The molecule has 0 aliphatic rings. The zero-order valence-corrected chi connectivity index (χ0v) is 8.37. The van der Waals surface area contributed by atoms with Crippen LogP contribution in [0.2, 0.25) is 0 Å². The Labute approximate surface area is 74.3 Å². The Hall–Kier alpha value is -0.610. The second kappa shape index (κ2) is 5.11. The maximum Gasteiger partial charge on any atom is 0.236 e. The van der Waals surface area contributed by atoms with E-state index >= 15 is 0 Å². The Balaban J connectivity index is 3.69. The first kappa shape index (κ1) is 11.4. The molecule has 0 radical (unpaired) electrons. The third kappa shape index (κ3) is 5.09. The minimum Gasteiger partial charge on any atom is -0.348 e. The van der Waals surface area contributed by atoms with E-state index in [0.717, 1.165) is 6.54 Å². The van der Waals surface area contributed by atoms with Crippen LogP contribution < -0.4 is 5.73 Å². The largest absolute Gasteiger partial charge is 0.348 e. The Kier molecular flexibility index (Phi) is 4.85. The molecule has 0 bridgehead atoms. The number of hydrogen-bond acceptors (Lipinski definition) is 3. The van der Waals surface area contributed by atoms with Crippen molar-refractivity contribution in [2.75, 3.05) is 34.2 Å². The number of rotatable bonds is 4. The van der Waals surface area contributed by atoms with Crippen molar-refractivity contribution in [3.05, 3.63) is 0 Å². The third-order valence-corrected chi connectivity index (χ3v) is 1.50. The summed E-state index contributed by atoms with van der Waals surface area (Å²) in [6.07, 6.45) is 0. The number of nitrogens with zero attached hydrogens (tertiary/aromatic N) is 2. The van der Waals surface area contributed by atoms with Gasteiger partial charge in [-0.05, 0) is 14.0 Å². The average molecular weight is 173 g/mol. The molecular weight excluding hydrogens is 154 g/mol. The standard InChI is InChI=1S/C8H19N3O/c1-7(9)5-11(4)6-8(12)10(2)3/h7H,5-6,9H2,1-4H3. The third-order valence-electron chi connectivity index (χ3n) is 1.50. The van der Waals surface area contributed by atoms with Gasteiger partial charge in [0.15, 0.2) is 0 Å². The molecular formula is C8H19N3O. The lowest BCUT2D eigenvalue weighted by atomic mass is 10.3. The second-order valence-electron chi connectivity index (χ2n) is 3.46. The van der Waals surface area contributed by atoms with Crippen LogP contribution in [0.3, 0.4) is 0 Å². The van der Waals surface area contributed by atoms with Gasteiger partial charge in [0, 0.05) is 26.7 Å². The van der Waals surface area contributed by atoms with E-state index in [9.17, 15) is 4.79 Å². The van der Waals surface area contributed by atoms with Gasteiger partial charge in [-0.2, -0.15) is 0 Å². The van der Waals surface area contributed by atoms with E-state index in [0.29, 0.717) is 6.54 Å². The number of nitrogens with two attached hydrogens (primary N) is 1. The van der Waals surface area contributed by atoms with Crippen LogP contribution in [0.1, 0.15) is 6.92 Å². The Morgan fingerprint density at radius 3 is 2.25 bits per heavy atom. The molecule has 4 heteroatoms. The van der Waals surface area contributed by atoms with Crippen molar-refractivity contribution >= 4 is 5.91 Å². The van der Waals surface area contributed by atoms with Gasteiger partial charge in [-0.25, -0.2) is 0 Å². The van der Waals surface area contributed by atoms with Gasteiger partial charge in [-0.15, -0.1) is 0 Å². The van der Waals surface area contributed by atoms with Crippen molar-refractivity contribution in [3.63, 3.8) is 0 Å². The summed E-state index contributed by atoms with van der Waals surface area (Å²) < 4.78 is 0. The van der Waals surface area contributed by atoms with Gasteiger partial charge in [-0.1, -0.05) is 0 Å². The average Bonchev–Trinajstić information content (AvgIpc) is 1.84. The molecule has 0 heterocycles. The first-order valence-corrected chi connectivity index (χ1v) is 4.07. The molecule has 0 aromatic heterocycles. The van der Waals surface area contributed by atoms with Crippen molar-refractivity contribution in [3.8, 4) is 0 Å². The van der Waals surface area contributed by atoms with Gasteiger partial charge in [-0.3, -0.25) is 9.69 Å². The molecule has 0 aromatic rings. The Bertz CT molecular complexity index is 145. The zero-order chi connectivity index (χ0) is 9.72. The molecule has 0 aliphatic heterocycles. The monoisotopic (exact) mass is 173 g/mol. The number of amides is 1. The van der Waals surface area contributed by atoms with E-state index in [1.807, 2.05) is 18.9 Å². The topological polar surface area (TPSA) is 49.6 Å². The second-order valence-corrected chi connectivity index (χ2v) is 3.46. The fourth-order valence-corrected chi connectivity index (χ4v) is 0.928. The van der Waals surface area contributed by atoms with E-state index in [-0.39, 0.29) is 11.9 Å². The number of likely N-dealkylation sites (N-methyl/N-ethyl adjacent to an activating group) is 2. The van der Waals surface area contributed by atoms with Gasteiger partial charge >= 0.3 is 0 Å². The summed E-state index contributed by atoms with van der Waals surface area (Å²) in [4.78, 5) is 14.7. The summed E-state index contributed by atoms with van der Waals surface area (Å²) >= 11 is 0. The predicted octanol–water partition coefficient (Wildman–Crippen LogP) is -0.646. The first-order chi connectivity index (χ1) is 5.43. The van der Waals surface area contributed by atoms with Crippen molar-refractivity contribution < 1.29 is 4.79 Å². The van der Waals surface area contributed by atoms with Gasteiger partial charge in [0.25, 0.3) is 0 Å². The van der Waals surface area contributed by atoms with E-state index in [2.05, 4.69) is 0 Å². The zero-order valence-electron chi connectivity index (χ0n) is 8.37. The summed E-state index contributed by atoms with van der Waals surface area (Å²) in [7, 11) is 5.40. The van der Waals surface area contributed by atoms with E-state index < -0.39 is 0 Å². The minimum absolute atomic E-state index is 0.109. The molecule has 1 unspecified atom stereocenters. The minimum atomic E-state index is 0.109. The SMILES string of the molecule is CC(N)CN(C)CC(=O)N(C)C. The van der Waals surface area contributed by atoms with E-state index in [4.69, 9.17) is 5.73 Å². The molecule has 12 heavy (non-hydrogen) atoms. The fraction of sp³-hybridized carbons (Fsp3) is 0.875. The highest BCUT2D eigenvalue weighted by atomic mass is 16.2. The van der Waals surface area contributed by atoms with Gasteiger partial charge in [0.2, 0.25) is 5.91 Å². The molecule has 0 spiro atoms. The normalized spacial score (nSPS) is 13.2. The molecule has 72 valence electrons. The van der Waals surface area contributed by atoms with Crippen LogP contribution in [0, 0.1) is 0 Å². The van der Waals surface area contributed by atoms with Crippen LogP contribution in [0.5, 0.6) is 0 Å². The molecule has 1 amide bonds. The highest BCUT2D eigenvalue weighted by molar-refractivity contribution is 5.77. The quantitative estimate of drug-likeness (QED) is 0.615. The van der Waals surface area contributed by atoms with Crippen LogP contribution in [-0.4, -0.2) is 56.0 Å². The number of hydrogen-bond donors (Lipinski definition) is 1. The summed E-state index contributed by atoms with van der Waals surface area (Å²) in [5.74, 6) is 0.109. The highest BCUT2D eigenvalue weighted by Crippen LogP contribution is 1.88. The van der Waals surface area contributed by atoms with Crippen LogP contribution in [-0.2, 0) is 4.79 Å². The van der Waals surface area contributed by atoms with Crippen LogP contribution in [0.25, 0.3) is 0 Å². The number of carbonyl (C=O) groups excluding carboxylic acids is 1.